The van der Waals surface area contributed by atoms with E-state index in [-0.39, 0.29) is 28.6 Å². The van der Waals surface area contributed by atoms with Crippen molar-refractivity contribution in [1.82, 2.24) is 15.0 Å². The Morgan fingerprint density at radius 1 is 1.09 bits per heavy atom. The molecule has 0 aliphatic rings. The first-order valence-corrected chi connectivity index (χ1v) is 11.7. The van der Waals surface area contributed by atoms with E-state index in [1.165, 1.54) is 28.6 Å². The van der Waals surface area contributed by atoms with Crippen molar-refractivity contribution in [2.75, 3.05) is 11.9 Å². The van der Waals surface area contributed by atoms with Crippen LogP contribution in [0.2, 0.25) is 5.02 Å². The summed E-state index contributed by atoms with van der Waals surface area (Å²) in [5.74, 6) is -0.448. The molecule has 1 heterocycles. The van der Waals surface area contributed by atoms with E-state index in [0.29, 0.717) is 16.7 Å². The van der Waals surface area contributed by atoms with Gasteiger partial charge in [-0.2, -0.15) is 4.80 Å². The summed E-state index contributed by atoms with van der Waals surface area (Å²) < 4.78 is 5.27. The normalized spacial score (nSPS) is 10.9. The minimum Gasteiger partial charge on any atom is -0.487 e. The molecule has 0 atom stereocenters. The molecule has 0 unspecified atom stereocenters. The largest absolute Gasteiger partial charge is 0.487 e. The molecule has 35 heavy (non-hydrogen) atoms. The summed E-state index contributed by atoms with van der Waals surface area (Å²) in [4.78, 5) is 25.1. The van der Waals surface area contributed by atoms with Crippen molar-refractivity contribution >= 4 is 39.9 Å². The summed E-state index contributed by atoms with van der Waals surface area (Å²) in [7, 11) is 0. The number of benzene rings is 3. The zero-order valence-electron chi connectivity index (χ0n) is 19.3. The van der Waals surface area contributed by atoms with Crippen LogP contribution in [0.1, 0.15) is 42.6 Å². The molecule has 3 aromatic carbocycles. The van der Waals surface area contributed by atoms with E-state index in [0.717, 1.165) is 24.9 Å². The van der Waals surface area contributed by atoms with Gasteiger partial charge in [-0.1, -0.05) is 37.1 Å². The Balaban J connectivity index is 1.57. The van der Waals surface area contributed by atoms with Gasteiger partial charge >= 0.3 is 5.69 Å². The van der Waals surface area contributed by atoms with Gasteiger partial charge in [0.1, 0.15) is 11.0 Å². The summed E-state index contributed by atoms with van der Waals surface area (Å²) in [6, 6.07) is 15.3. The summed E-state index contributed by atoms with van der Waals surface area (Å²) in [5.41, 5.74) is 3.31. The predicted molar refractivity (Wildman–Crippen MR) is 135 cm³/mol. The number of nitro groups is 1. The monoisotopic (exact) mass is 493 g/mol. The number of amides is 1. The first kappa shape index (κ1) is 24.2. The molecule has 0 radical (unpaired) electrons. The molecule has 180 valence electrons. The molecule has 0 fully saturated rings. The molecule has 0 aliphatic heterocycles. The quantitative estimate of drug-likeness (QED) is 0.227. The highest BCUT2D eigenvalue weighted by molar-refractivity contribution is 6.34. The Bertz CT molecular complexity index is 1380. The third-order valence-electron chi connectivity index (χ3n) is 5.42. The summed E-state index contributed by atoms with van der Waals surface area (Å²) in [6.45, 7) is 4.16. The van der Waals surface area contributed by atoms with Gasteiger partial charge in [0.05, 0.1) is 27.9 Å². The van der Waals surface area contributed by atoms with Gasteiger partial charge in [-0.15, -0.1) is 10.2 Å². The van der Waals surface area contributed by atoms with Gasteiger partial charge in [0.25, 0.3) is 5.91 Å². The van der Waals surface area contributed by atoms with Crippen molar-refractivity contribution in [3.8, 4) is 11.4 Å². The first-order chi connectivity index (χ1) is 16.9. The van der Waals surface area contributed by atoms with E-state index in [9.17, 15) is 14.9 Å². The minimum absolute atomic E-state index is 0.100. The highest BCUT2D eigenvalue weighted by Crippen LogP contribution is 2.30. The molecule has 0 spiro atoms. The number of anilines is 1. The molecule has 4 aromatic rings. The third-order valence-corrected chi connectivity index (χ3v) is 5.73. The number of fused-ring (bicyclic) bond motifs is 1. The van der Waals surface area contributed by atoms with Gasteiger partial charge in [0, 0.05) is 11.6 Å². The Morgan fingerprint density at radius 3 is 2.46 bits per heavy atom. The van der Waals surface area contributed by atoms with E-state index >= 15 is 0 Å². The number of halogens is 1. The van der Waals surface area contributed by atoms with E-state index in [1.54, 1.807) is 19.1 Å². The number of nitro benzene ring substituents is 1. The summed E-state index contributed by atoms with van der Waals surface area (Å²) >= 11 is 6.39. The number of unbranched alkanes of at least 4 members (excludes halogenated alkanes) is 1. The topological polar surface area (TPSA) is 112 Å². The van der Waals surface area contributed by atoms with Gasteiger partial charge in [0.2, 0.25) is 0 Å². The molecule has 4 rings (SSSR count). The maximum Gasteiger partial charge on any atom is 0.311 e. The van der Waals surface area contributed by atoms with E-state index in [4.69, 9.17) is 16.3 Å². The van der Waals surface area contributed by atoms with Crippen LogP contribution in [0.5, 0.6) is 5.75 Å². The van der Waals surface area contributed by atoms with Crippen LogP contribution in [0, 0.1) is 10.1 Å². The zero-order valence-corrected chi connectivity index (χ0v) is 20.1. The lowest BCUT2D eigenvalue weighted by Crippen LogP contribution is -2.13. The third kappa shape index (κ3) is 5.41. The van der Waals surface area contributed by atoms with Crippen LogP contribution in [0.15, 0.2) is 54.6 Å². The molecule has 0 saturated heterocycles. The second-order valence-electron chi connectivity index (χ2n) is 7.91. The molecule has 1 aromatic heterocycles. The average Bonchev–Trinajstić information content (AvgIpc) is 3.26. The van der Waals surface area contributed by atoms with Crippen LogP contribution in [-0.2, 0) is 6.42 Å². The number of hydrogen-bond donors (Lipinski definition) is 1. The highest BCUT2D eigenvalue weighted by atomic mass is 35.5. The second-order valence-corrected chi connectivity index (χ2v) is 8.31. The van der Waals surface area contributed by atoms with Gasteiger partial charge in [0.15, 0.2) is 5.75 Å². The molecule has 1 amide bonds. The number of ether oxygens (including phenoxy) is 1. The molecule has 0 bridgehead atoms. The van der Waals surface area contributed by atoms with E-state index in [1.807, 2.05) is 12.1 Å². The van der Waals surface area contributed by atoms with Crippen LogP contribution >= 0.6 is 11.6 Å². The molecule has 10 heteroatoms. The lowest BCUT2D eigenvalue weighted by molar-refractivity contribution is -0.385. The number of hydrogen-bond acceptors (Lipinski definition) is 6. The Kier molecular flexibility index (Phi) is 7.26. The number of aryl methyl sites for hydroxylation is 1. The van der Waals surface area contributed by atoms with Gasteiger partial charge in [-0.05, 0) is 61.7 Å². The van der Waals surface area contributed by atoms with Crippen LogP contribution < -0.4 is 10.1 Å². The fourth-order valence-electron chi connectivity index (χ4n) is 3.60. The fourth-order valence-corrected chi connectivity index (χ4v) is 3.80. The van der Waals surface area contributed by atoms with Crippen molar-refractivity contribution in [3.05, 3.63) is 80.9 Å². The van der Waals surface area contributed by atoms with E-state index < -0.39 is 10.8 Å². The minimum atomic E-state index is -0.588. The Labute approximate surface area is 206 Å². The fraction of sp³-hybridized carbons (Fsp3) is 0.240. The van der Waals surface area contributed by atoms with Gasteiger partial charge < -0.3 is 10.1 Å². The number of nitrogens with one attached hydrogen (secondary N) is 1. The number of carbonyl (C=O) groups excluding carboxylic acids is 1. The lowest BCUT2D eigenvalue weighted by Gasteiger charge is -2.09. The predicted octanol–water partition coefficient (Wildman–Crippen LogP) is 5.98. The van der Waals surface area contributed by atoms with Crippen LogP contribution in [0.3, 0.4) is 0 Å². The van der Waals surface area contributed by atoms with Crippen molar-refractivity contribution < 1.29 is 14.5 Å². The summed E-state index contributed by atoms with van der Waals surface area (Å²) in [5, 5.41) is 23.3. The lowest BCUT2D eigenvalue weighted by atomic mass is 10.1. The molecule has 9 nitrogen and oxygen atoms in total. The highest BCUT2D eigenvalue weighted by Gasteiger charge is 2.20. The number of rotatable bonds is 9. The second kappa shape index (κ2) is 10.5. The molecule has 0 aliphatic carbocycles. The summed E-state index contributed by atoms with van der Waals surface area (Å²) in [6.07, 6.45) is 3.31. The zero-order chi connectivity index (χ0) is 24.9. The molecule has 1 N–H and O–H groups in total. The maximum absolute atomic E-state index is 12.8. The standard InChI is InChI=1S/C25H24ClN5O4/c1-3-5-6-16-7-10-18(11-8-16)30-28-21-14-19(26)20(15-22(21)29-30)27-25(32)17-9-12-24(35-4-2)23(13-17)31(33)34/h7-15H,3-6H2,1-2H3,(H,27,32). The van der Waals surface area contributed by atoms with Crippen molar-refractivity contribution in [2.24, 2.45) is 0 Å². The van der Waals surface area contributed by atoms with Gasteiger partial charge in [-0.3, -0.25) is 14.9 Å². The van der Waals surface area contributed by atoms with Crippen molar-refractivity contribution in [3.63, 3.8) is 0 Å². The molecular formula is C25H24ClN5O4. The first-order valence-electron chi connectivity index (χ1n) is 11.3. The molecule has 0 saturated carbocycles. The SMILES string of the molecule is CCCCc1ccc(-n2nc3cc(Cl)c(NC(=O)c4ccc(OCC)c([N+](=O)[O-])c4)cc3n2)cc1. The van der Waals surface area contributed by atoms with Crippen molar-refractivity contribution in [2.45, 2.75) is 33.1 Å². The number of nitrogens with zero attached hydrogens (tertiary/aromatic N) is 4. The number of aromatic nitrogens is 3. The maximum atomic E-state index is 12.8. The van der Waals surface area contributed by atoms with Gasteiger partial charge in [-0.25, -0.2) is 0 Å². The van der Waals surface area contributed by atoms with Crippen molar-refractivity contribution in [1.29, 1.82) is 0 Å². The van der Waals surface area contributed by atoms with Crippen LogP contribution in [-0.4, -0.2) is 32.4 Å². The average molecular weight is 494 g/mol. The van der Waals surface area contributed by atoms with Crippen LogP contribution in [0.4, 0.5) is 11.4 Å². The van der Waals surface area contributed by atoms with E-state index in [2.05, 4.69) is 34.6 Å². The van der Waals surface area contributed by atoms with Crippen LogP contribution in [0.25, 0.3) is 16.7 Å². The Hall–Kier alpha value is -3.98. The Morgan fingerprint density at radius 2 is 1.80 bits per heavy atom. The number of carbonyl (C=O) groups is 1. The smallest absolute Gasteiger partial charge is 0.311 e. The molecular weight excluding hydrogens is 470 g/mol.